The van der Waals surface area contributed by atoms with Crippen molar-refractivity contribution in [1.29, 1.82) is 0 Å². The molecule has 0 unspecified atom stereocenters. The Bertz CT molecular complexity index is 895. The molecule has 3 aromatic rings. The van der Waals surface area contributed by atoms with Gasteiger partial charge in [-0.25, -0.2) is 0 Å². The number of ether oxygens (including phenoxy) is 1. The van der Waals surface area contributed by atoms with E-state index in [1.165, 1.54) is 7.11 Å². The van der Waals surface area contributed by atoms with Crippen LogP contribution in [-0.2, 0) is 0 Å². The van der Waals surface area contributed by atoms with Gasteiger partial charge in [-0.05, 0) is 38.1 Å². The average Bonchev–Trinajstić information content (AvgIpc) is 3.12. The number of carbonyl (C=O) groups excluding carboxylic acids is 1. The molecule has 124 valence electrons. The van der Waals surface area contributed by atoms with E-state index in [0.717, 1.165) is 0 Å². The molecule has 7 nitrogen and oxygen atoms in total. The molecule has 0 spiro atoms. The van der Waals surface area contributed by atoms with Crippen molar-refractivity contribution in [3.05, 3.63) is 47.2 Å². The zero-order valence-corrected chi connectivity index (χ0v) is 13.8. The molecule has 0 aliphatic heterocycles. The van der Waals surface area contributed by atoms with E-state index in [0.29, 0.717) is 45.9 Å². The third-order valence-corrected chi connectivity index (χ3v) is 3.51. The second-order valence-electron chi connectivity index (χ2n) is 5.32. The maximum absolute atomic E-state index is 12.5. The lowest BCUT2D eigenvalue weighted by molar-refractivity contribution is 0.102. The fraction of sp³-hybridized carbons (Fsp3) is 0.235. The third kappa shape index (κ3) is 3.01. The zero-order valence-electron chi connectivity index (χ0n) is 13.8. The molecule has 2 aromatic heterocycles. The summed E-state index contributed by atoms with van der Waals surface area (Å²) in [6.07, 6.45) is 0. The van der Waals surface area contributed by atoms with Crippen molar-refractivity contribution in [2.75, 3.05) is 12.4 Å². The number of methoxy groups -OCH3 is 1. The molecular formula is C17H17N3O4. The van der Waals surface area contributed by atoms with Gasteiger partial charge >= 0.3 is 0 Å². The molecular weight excluding hydrogens is 310 g/mol. The van der Waals surface area contributed by atoms with Gasteiger partial charge in [-0.2, -0.15) is 0 Å². The number of nitrogens with zero attached hydrogens (tertiary/aromatic N) is 2. The van der Waals surface area contributed by atoms with E-state index < -0.39 is 0 Å². The van der Waals surface area contributed by atoms with Crippen molar-refractivity contribution in [2.45, 2.75) is 20.8 Å². The van der Waals surface area contributed by atoms with Crippen molar-refractivity contribution >= 4 is 11.6 Å². The first kappa shape index (κ1) is 15.8. The first-order valence-corrected chi connectivity index (χ1v) is 7.35. The molecule has 0 fully saturated rings. The van der Waals surface area contributed by atoms with Crippen molar-refractivity contribution < 1.29 is 18.4 Å². The number of nitrogens with one attached hydrogen (secondary N) is 1. The molecule has 0 atom stereocenters. The lowest BCUT2D eigenvalue weighted by Gasteiger charge is -2.10. The average molecular weight is 327 g/mol. The normalized spacial score (nSPS) is 10.7. The molecule has 2 heterocycles. The van der Waals surface area contributed by atoms with Gasteiger partial charge in [-0.3, -0.25) is 4.79 Å². The smallest absolute Gasteiger partial charge is 0.259 e. The van der Waals surface area contributed by atoms with Crippen LogP contribution in [0.2, 0.25) is 0 Å². The summed E-state index contributed by atoms with van der Waals surface area (Å²) in [5.41, 5.74) is 1.68. The number of carbonyl (C=O) groups is 1. The number of hydrogen-bond donors (Lipinski definition) is 1. The first-order chi connectivity index (χ1) is 11.5. The Labute approximate surface area is 138 Å². The number of hydrogen-bond acceptors (Lipinski definition) is 6. The van der Waals surface area contributed by atoms with Crippen LogP contribution >= 0.6 is 0 Å². The lowest BCUT2D eigenvalue weighted by Crippen LogP contribution is -2.13. The molecule has 3 rings (SSSR count). The Balaban J connectivity index is 1.94. The zero-order chi connectivity index (χ0) is 17.3. The highest BCUT2D eigenvalue weighted by Crippen LogP contribution is 2.30. The van der Waals surface area contributed by atoms with Crippen LogP contribution in [0, 0.1) is 20.8 Å². The molecule has 0 saturated carbocycles. The molecule has 0 aliphatic rings. The fourth-order valence-electron chi connectivity index (χ4n) is 2.40. The summed E-state index contributed by atoms with van der Waals surface area (Å²) in [5.74, 6) is 2.34. The molecule has 1 amide bonds. The molecule has 1 aromatic carbocycles. The number of benzene rings is 1. The fourth-order valence-corrected chi connectivity index (χ4v) is 2.40. The number of rotatable bonds is 4. The largest absolute Gasteiger partial charge is 0.495 e. The molecule has 0 bridgehead atoms. The van der Waals surface area contributed by atoms with Gasteiger partial charge in [0.1, 0.15) is 17.3 Å². The van der Waals surface area contributed by atoms with Crippen molar-refractivity contribution in [2.24, 2.45) is 0 Å². The SMILES string of the molecule is COc1ccc(-c2nnc(C)o2)cc1NC(=O)c1cc(C)oc1C. The predicted octanol–water partition coefficient (Wildman–Crippen LogP) is 3.52. The standard InChI is InChI=1S/C17H17N3O4/c1-9-7-13(10(2)23-9)16(21)18-14-8-12(5-6-15(14)22-4)17-20-19-11(3)24-17/h5-8H,1-4H3,(H,18,21). The highest BCUT2D eigenvalue weighted by Gasteiger charge is 2.17. The molecule has 0 aliphatic carbocycles. The highest BCUT2D eigenvalue weighted by molar-refractivity contribution is 6.06. The Kier molecular flexibility index (Phi) is 4.07. The second-order valence-corrected chi connectivity index (χ2v) is 5.32. The van der Waals surface area contributed by atoms with Crippen LogP contribution in [0.1, 0.15) is 27.8 Å². The Hall–Kier alpha value is -3.09. The summed E-state index contributed by atoms with van der Waals surface area (Å²) < 4.78 is 16.1. The minimum absolute atomic E-state index is 0.276. The summed E-state index contributed by atoms with van der Waals surface area (Å²) in [5, 5.41) is 10.6. The van der Waals surface area contributed by atoms with Crippen molar-refractivity contribution in [3.63, 3.8) is 0 Å². The molecule has 24 heavy (non-hydrogen) atoms. The van der Waals surface area contributed by atoms with Crippen LogP contribution in [0.25, 0.3) is 11.5 Å². The van der Waals surface area contributed by atoms with Crippen LogP contribution in [-0.4, -0.2) is 23.2 Å². The third-order valence-electron chi connectivity index (χ3n) is 3.51. The van der Waals surface area contributed by atoms with E-state index in [4.69, 9.17) is 13.6 Å². The van der Waals surface area contributed by atoms with E-state index >= 15 is 0 Å². The van der Waals surface area contributed by atoms with Crippen molar-refractivity contribution in [1.82, 2.24) is 10.2 Å². The number of anilines is 1. The second kappa shape index (κ2) is 6.19. The number of aromatic nitrogens is 2. The Morgan fingerprint density at radius 1 is 1.12 bits per heavy atom. The molecule has 0 radical (unpaired) electrons. The molecule has 1 N–H and O–H groups in total. The van der Waals surface area contributed by atoms with Crippen LogP contribution < -0.4 is 10.1 Å². The van der Waals surface area contributed by atoms with Crippen molar-refractivity contribution in [3.8, 4) is 17.2 Å². The van der Waals surface area contributed by atoms with Gasteiger partial charge in [-0.15, -0.1) is 10.2 Å². The van der Waals surface area contributed by atoms with Gasteiger partial charge in [-0.1, -0.05) is 0 Å². The number of furan rings is 1. The van der Waals surface area contributed by atoms with E-state index in [9.17, 15) is 4.79 Å². The quantitative estimate of drug-likeness (QED) is 0.788. The highest BCUT2D eigenvalue weighted by atomic mass is 16.5. The summed E-state index contributed by atoms with van der Waals surface area (Å²) in [6.45, 7) is 5.26. The number of aryl methyl sites for hydroxylation is 3. The van der Waals surface area contributed by atoms with Gasteiger partial charge in [0.2, 0.25) is 11.8 Å². The van der Waals surface area contributed by atoms with Crippen LogP contribution in [0.5, 0.6) is 5.75 Å². The van der Waals surface area contributed by atoms with Crippen LogP contribution in [0.4, 0.5) is 5.69 Å². The maximum atomic E-state index is 12.5. The molecule has 7 heteroatoms. The predicted molar refractivity (Wildman–Crippen MR) is 87.2 cm³/mol. The first-order valence-electron chi connectivity index (χ1n) is 7.35. The Morgan fingerprint density at radius 3 is 2.50 bits per heavy atom. The van der Waals surface area contributed by atoms with Crippen LogP contribution in [0.3, 0.4) is 0 Å². The van der Waals surface area contributed by atoms with E-state index in [2.05, 4.69) is 15.5 Å². The van der Waals surface area contributed by atoms with E-state index in [-0.39, 0.29) is 5.91 Å². The van der Waals surface area contributed by atoms with Gasteiger partial charge in [0, 0.05) is 12.5 Å². The van der Waals surface area contributed by atoms with Gasteiger partial charge in [0.15, 0.2) is 0 Å². The minimum atomic E-state index is -0.276. The van der Waals surface area contributed by atoms with E-state index in [1.807, 2.05) is 0 Å². The maximum Gasteiger partial charge on any atom is 0.259 e. The lowest BCUT2D eigenvalue weighted by atomic mass is 10.1. The van der Waals surface area contributed by atoms with Gasteiger partial charge in [0.25, 0.3) is 5.91 Å². The summed E-state index contributed by atoms with van der Waals surface area (Å²) >= 11 is 0. The van der Waals surface area contributed by atoms with Gasteiger partial charge in [0.05, 0.1) is 18.4 Å². The van der Waals surface area contributed by atoms with E-state index in [1.54, 1.807) is 45.0 Å². The summed E-state index contributed by atoms with van der Waals surface area (Å²) in [7, 11) is 1.54. The topological polar surface area (TPSA) is 90.4 Å². The summed E-state index contributed by atoms with van der Waals surface area (Å²) in [4.78, 5) is 12.5. The van der Waals surface area contributed by atoms with Crippen LogP contribution in [0.15, 0.2) is 33.1 Å². The van der Waals surface area contributed by atoms with Gasteiger partial charge < -0.3 is 18.9 Å². The number of amides is 1. The monoisotopic (exact) mass is 327 g/mol. The Morgan fingerprint density at radius 2 is 1.92 bits per heavy atom. The molecule has 0 saturated heterocycles. The summed E-state index contributed by atoms with van der Waals surface area (Å²) in [6, 6.07) is 6.95. The minimum Gasteiger partial charge on any atom is -0.495 e.